The maximum atomic E-state index is 13.0. The lowest BCUT2D eigenvalue weighted by atomic mass is 10.1. The normalized spacial score (nSPS) is 13.4. The van der Waals surface area contributed by atoms with Crippen molar-refractivity contribution in [2.45, 2.75) is 26.3 Å². The Balaban J connectivity index is 1.53. The molecule has 0 spiro atoms. The zero-order valence-corrected chi connectivity index (χ0v) is 21.0. The number of nitrogens with one attached hydrogen (secondary N) is 2. The van der Waals surface area contributed by atoms with Crippen molar-refractivity contribution in [2.75, 3.05) is 24.3 Å². The molecule has 2 aromatic carbocycles. The van der Waals surface area contributed by atoms with E-state index in [9.17, 15) is 9.59 Å². The molecule has 2 N–H and O–H groups in total. The van der Waals surface area contributed by atoms with Gasteiger partial charge in [0.25, 0.3) is 0 Å². The standard InChI is InChI=1S/C30H30N4O3/c1-20(15-21-9-5-3-6-10-21)17-31-24-16-25-26(33-29(35)23-13-14-23)27(30(36)37-2)34(28(25)32-18-24)19-22-11-7-4-8-12-22/h3-12,15-16,18,23,31H,13-14,17,19H2,1-2H3,(H,33,35). The lowest BCUT2D eigenvalue weighted by molar-refractivity contribution is -0.117. The van der Waals surface area contributed by atoms with Crippen molar-refractivity contribution >= 4 is 40.4 Å². The summed E-state index contributed by atoms with van der Waals surface area (Å²) in [5, 5.41) is 7.14. The van der Waals surface area contributed by atoms with Gasteiger partial charge >= 0.3 is 5.97 Å². The van der Waals surface area contributed by atoms with Gasteiger partial charge < -0.3 is 19.9 Å². The first-order valence-corrected chi connectivity index (χ1v) is 12.4. The fourth-order valence-electron chi connectivity index (χ4n) is 4.37. The molecule has 1 amide bonds. The number of carbonyl (C=O) groups excluding carboxylic acids is 2. The van der Waals surface area contributed by atoms with Gasteiger partial charge in [0.05, 0.1) is 24.7 Å². The molecule has 0 atom stereocenters. The van der Waals surface area contributed by atoms with Gasteiger partial charge in [-0.3, -0.25) is 4.79 Å². The first-order valence-electron chi connectivity index (χ1n) is 12.4. The summed E-state index contributed by atoms with van der Waals surface area (Å²) < 4.78 is 6.97. The average Bonchev–Trinajstić information content (AvgIpc) is 3.74. The third-order valence-corrected chi connectivity index (χ3v) is 6.44. The monoisotopic (exact) mass is 494 g/mol. The van der Waals surface area contributed by atoms with E-state index in [4.69, 9.17) is 9.72 Å². The van der Waals surface area contributed by atoms with Crippen LogP contribution in [0.15, 0.2) is 78.5 Å². The number of fused-ring (bicyclic) bond motifs is 1. The van der Waals surface area contributed by atoms with Crippen LogP contribution in [0.1, 0.15) is 41.4 Å². The molecule has 7 nitrogen and oxygen atoms in total. The number of benzene rings is 2. The highest BCUT2D eigenvalue weighted by atomic mass is 16.5. The van der Waals surface area contributed by atoms with Crippen molar-refractivity contribution in [2.24, 2.45) is 5.92 Å². The van der Waals surface area contributed by atoms with E-state index in [-0.39, 0.29) is 11.8 Å². The average molecular weight is 495 g/mol. The molecule has 37 heavy (non-hydrogen) atoms. The fraction of sp³-hybridized carbons (Fsp3) is 0.233. The van der Waals surface area contributed by atoms with E-state index in [0.29, 0.717) is 35.5 Å². The van der Waals surface area contributed by atoms with Crippen LogP contribution in [-0.4, -0.2) is 35.1 Å². The summed E-state index contributed by atoms with van der Waals surface area (Å²) >= 11 is 0. The van der Waals surface area contributed by atoms with Gasteiger partial charge in [-0.1, -0.05) is 72.3 Å². The van der Waals surface area contributed by atoms with Gasteiger partial charge in [0, 0.05) is 24.4 Å². The topological polar surface area (TPSA) is 85.2 Å². The molecule has 4 aromatic rings. The summed E-state index contributed by atoms with van der Waals surface area (Å²) in [6, 6.07) is 21.9. The third kappa shape index (κ3) is 5.56. The molecule has 7 heteroatoms. The predicted molar refractivity (Wildman–Crippen MR) is 147 cm³/mol. The zero-order chi connectivity index (χ0) is 25.8. The van der Waals surface area contributed by atoms with Gasteiger partial charge in [0.2, 0.25) is 5.91 Å². The van der Waals surface area contributed by atoms with E-state index in [0.717, 1.165) is 35.2 Å². The van der Waals surface area contributed by atoms with Gasteiger partial charge in [-0.2, -0.15) is 0 Å². The quantitative estimate of drug-likeness (QED) is 0.290. The summed E-state index contributed by atoms with van der Waals surface area (Å²) in [6.45, 7) is 3.11. The molecule has 0 saturated heterocycles. The number of nitrogens with zero attached hydrogens (tertiary/aromatic N) is 2. The van der Waals surface area contributed by atoms with Gasteiger partial charge in [-0.15, -0.1) is 0 Å². The lowest BCUT2D eigenvalue weighted by Gasteiger charge is -2.11. The van der Waals surface area contributed by atoms with Gasteiger partial charge in [0.15, 0.2) is 5.69 Å². The third-order valence-electron chi connectivity index (χ3n) is 6.44. The van der Waals surface area contributed by atoms with Crippen molar-refractivity contribution in [3.05, 3.63) is 95.3 Å². The Morgan fingerprint density at radius 3 is 2.46 bits per heavy atom. The maximum absolute atomic E-state index is 13.0. The first-order chi connectivity index (χ1) is 18.0. The van der Waals surface area contributed by atoms with Crippen molar-refractivity contribution < 1.29 is 14.3 Å². The number of anilines is 2. The van der Waals surface area contributed by atoms with E-state index in [1.165, 1.54) is 7.11 Å². The minimum Gasteiger partial charge on any atom is -0.464 e. The van der Waals surface area contributed by atoms with Gasteiger partial charge in [0.1, 0.15) is 5.65 Å². The smallest absolute Gasteiger partial charge is 0.356 e. The second kappa shape index (κ2) is 10.7. The Bertz CT molecular complexity index is 1450. The highest BCUT2D eigenvalue weighted by molar-refractivity contribution is 6.12. The largest absolute Gasteiger partial charge is 0.464 e. The molecule has 0 radical (unpaired) electrons. The number of carbonyl (C=O) groups is 2. The Labute approximate surface area is 216 Å². The Kier molecular flexibility index (Phi) is 7.03. The minimum atomic E-state index is -0.517. The van der Waals surface area contributed by atoms with Crippen molar-refractivity contribution in [1.82, 2.24) is 9.55 Å². The zero-order valence-electron chi connectivity index (χ0n) is 21.0. The van der Waals surface area contributed by atoms with Crippen LogP contribution >= 0.6 is 0 Å². The molecule has 0 aliphatic heterocycles. The van der Waals surface area contributed by atoms with Crippen LogP contribution in [0.4, 0.5) is 11.4 Å². The number of pyridine rings is 1. The second-order valence-electron chi connectivity index (χ2n) is 9.40. The molecule has 1 aliphatic rings. The maximum Gasteiger partial charge on any atom is 0.356 e. The van der Waals surface area contributed by atoms with Crippen molar-refractivity contribution in [1.29, 1.82) is 0 Å². The Morgan fingerprint density at radius 2 is 1.78 bits per heavy atom. The van der Waals surface area contributed by atoms with Crippen molar-refractivity contribution in [3.8, 4) is 0 Å². The number of hydrogen-bond acceptors (Lipinski definition) is 5. The molecular weight excluding hydrogens is 464 g/mol. The van der Waals surface area contributed by atoms with Crippen LogP contribution in [0.5, 0.6) is 0 Å². The highest BCUT2D eigenvalue weighted by Crippen LogP contribution is 2.36. The summed E-state index contributed by atoms with van der Waals surface area (Å²) in [4.78, 5) is 30.5. The predicted octanol–water partition coefficient (Wildman–Crippen LogP) is 5.74. The van der Waals surface area contributed by atoms with E-state index in [1.54, 1.807) is 6.20 Å². The molecule has 0 bridgehead atoms. The molecule has 2 heterocycles. The van der Waals surface area contributed by atoms with Gasteiger partial charge in [-0.25, -0.2) is 9.78 Å². The van der Waals surface area contributed by atoms with Crippen LogP contribution < -0.4 is 10.6 Å². The van der Waals surface area contributed by atoms with E-state index in [2.05, 4.69) is 35.8 Å². The summed E-state index contributed by atoms with van der Waals surface area (Å²) in [6.07, 6.45) is 5.61. The first kappa shape index (κ1) is 24.3. The highest BCUT2D eigenvalue weighted by Gasteiger charge is 2.33. The number of aromatic nitrogens is 2. The van der Waals surface area contributed by atoms with E-state index < -0.39 is 5.97 Å². The SMILES string of the molecule is COC(=O)c1c(NC(=O)C2CC2)c2cc(NCC(C)=Cc3ccccc3)cnc2n1Cc1ccccc1. The summed E-state index contributed by atoms with van der Waals surface area (Å²) in [5.41, 5.74) is 5.45. The van der Waals surface area contributed by atoms with E-state index in [1.807, 2.05) is 59.2 Å². The molecule has 1 fully saturated rings. The minimum absolute atomic E-state index is 0.0157. The fourth-order valence-corrected chi connectivity index (χ4v) is 4.37. The molecule has 1 aliphatic carbocycles. The van der Waals surface area contributed by atoms with E-state index >= 15 is 0 Å². The van der Waals surface area contributed by atoms with Crippen LogP contribution in [0, 0.1) is 5.92 Å². The Morgan fingerprint density at radius 1 is 1.08 bits per heavy atom. The van der Waals surface area contributed by atoms with Crippen LogP contribution in [0.2, 0.25) is 0 Å². The number of methoxy groups -OCH3 is 1. The second-order valence-corrected chi connectivity index (χ2v) is 9.40. The molecule has 0 unspecified atom stereocenters. The number of amides is 1. The number of rotatable bonds is 9. The summed E-state index contributed by atoms with van der Waals surface area (Å²) in [5.74, 6) is -0.613. The molecule has 1 saturated carbocycles. The molecule has 188 valence electrons. The Hall–Kier alpha value is -4.39. The van der Waals surface area contributed by atoms with Crippen LogP contribution in [0.25, 0.3) is 17.1 Å². The summed E-state index contributed by atoms with van der Waals surface area (Å²) in [7, 11) is 1.35. The van der Waals surface area contributed by atoms with Gasteiger partial charge in [-0.05, 0) is 37.0 Å². The van der Waals surface area contributed by atoms with Crippen LogP contribution in [-0.2, 0) is 16.1 Å². The lowest BCUT2D eigenvalue weighted by Crippen LogP contribution is -2.18. The van der Waals surface area contributed by atoms with Crippen molar-refractivity contribution in [3.63, 3.8) is 0 Å². The molecule has 2 aromatic heterocycles. The molecular formula is C30H30N4O3. The van der Waals surface area contributed by atoms with Crippen LogP contribution in [0.3, 0.4) is 0 Å². The number of ether oxygens (including phenoxy) is 1. The number of esters is 1. The molecule has 5 rings (SSSR count). The number of hydrogen-bond donors (Lipinski definition) is 2.